The van der Waals surface area contributed by atoms with Gasteiger partial charge in [0.2, 0.25) is 0 Å². The molecule has 0 spiro atoms. The summed E-state index contributed by atoms with van der Waals surface area (Å²) in [6.07, 6.45) is 0.866. The van der Waals surface area contributed by atoms with Gasteiger partial charge in [-0.3, -0.25) is 4.79 Å². The molecule has 2 rings (SSSR count). The third-order valence-electron chi connectivity index (χ3n) is 3.31. The van der Waals surface area contributed by atoms with Crippen molar-refractivity contribution >= 4 is 29.1 Å². The zero-order valence-corrected chi connectivity index (χ0v) is 12.6. The van der Waals surface area contributed by atoms with Crippen molar-refractivity contribution in [2.24, 2.45) is 5.92 Å². The zero-order valence-electron chi connectivity index (χ0n) is 11.1. The SMILES string of the molecule is COC[C@@H](NC(=O)[C@@H](O)c1cc(Cl)cc(Cl)c1)C1CC1. The second-order valence-corrected chi connectivity index (χ2v) is 5.89. The van der Waals surface area contributed by atoms with E-state index in [0.717, 1.165) is 12.8 Å². The molecule has 6 heteroatoms. The molecule has 20 heavy (non-hydrogen) atoms. The molecular weight excluding hydrogens is 301 g/mol. The van der Waals surface area contributed by atoms with Gasteiger partial charge in [-0.05, 0) is 42.5 Å². The van der Waals surface area contributed by atoms with Crippen molar-refractivity contribution < 1.29 is 14.6 Å². The fraction of sp³-hybridized carbons (Fsp3) is 0.500. The van der Waals surface area contributed by atoms with Gasteiger partial charge in [0.1, 0.15) is 0 Å². The van der Waals surface area contributed by atoms with E-state index in [4.69, 9.17) is 27.9 Å². The summed E-state index contributed by atoms with van der Waals surface area (Å²) in [5.74, 6) is -0.0219. The second-order valence-electron chi connectivity index (χ2n) is 5.01. The minimum Gasteiger partial charge on any atom is -0.383 e. The number of nitrogens with one attached hydrogen (secondary N) is 1. The van der Waals surface area contributed by atoms with Crippen LogP contribution in [-0.4, -0.2) is 30.8 Å². The molecule has 0 radical (unpaired) electrons. The van der Waals surface area contributed by atoms with E-state index in [9.17, 15) is 9.90 Å². The number of rotatable bonds is 6. The number of aliphatic hydroxyl groups excluding tert-OH is 1. The molecule has 1 fully saturated rings. The van der Waals surface area contributed by atoms with Crippen molar-refractivity contribution in [3.63, 3.8) is 0 Å². The average Bonchev–Trinajstić information content (AvgIpc) is 3.20. The Morgan fingerprint density at radius 2 is 2.00 bits per heavy atom. The Kier molecular flexibility index (Phi) is 5.27. The van der Waals surface area contributed by atoms with Crippen LogP contribution in [0.3, 0.4) is 0 Å². The minimum atomic E-state index is -1.29. The summed E-state index contributed by atoms with van der Waals surface area (Å²) in [4.78, 5) is 12.1. The van der Waals surface area contributed by atoms with Crippen molar-refractivity contribution in [3.05, 3.63) is 33.8 Å². The number of carbonyl (C=O) groups excluding carboxylic acids is 1. The normalized spacial score (nSPS) is 17.6. The van der Waals surface area contributed by atoms with E-state index in [1.165, 1.54) is 12.1 Å². The number of halogens is 2. The van der Waals surface area contributed by atoms with Gasteiger partial charge in [-0.15, -0.1) is 0 Å². The highest BCUT2D eigenvalue weighted by Crippen LogP contribution is 2.33. The fourth-order valence-electron chi connectivity index (χ4n) is 2.12. The van der Waals surface area contributed by atoms with Gasteiger partial charge in [-0.25, -0.2) is 0 Å². The second kappa shape index (κ2) is 6.76. The first kappa shape index (κ1) is 15.6. The van der Waals surface area contributed by atoms with Gasteiger partial charge in [-0.1, -0.05) is 23.2 Å². The van der Waals surface area contributed by atoms with Crippen LogP contribution in [0.15, 0.2) is 18.2 Å². The number of aliphatic hydroxyl groups is 1. The Bertz CT molecular complexity index is 471. The first-order valence-corrected chi connectivity index (χ1v) is 7.20. The molecule has 4 nitrogen and oxygen atoms in total. The molecule has 0 aliphatic heterocycles. The first-order valence-electron chi connectivity index (χ1n) is 6.44. The van der Waals surface area contributed by atoms with E-state index in [1.807, 2.05) is 0 Å². The maximum absolute atomic E-state index is 12.1. The summed E-state index contributed by atoms with van der Waals surface area (Å²) in [6.45, 7) is 0.444. The number of ether oxygens (including phenoxy) is 1. The van der Waals surface area contributed by atoms with E-state index >= 15 is 0 Å². The Hall–Kier alpha value is -0.810. The number of benzene rings is 1. The molecular formula is C14H17Cl2NO3. The number of hydrogen-bond acceptors (Lipinski definition) is 3. The molecule has 1 saturated carbocycles. The van der Waals surface area contributed by atoms with Crippen LogP contribution in [-0.2, 0) is 9.53 Å². The highest BCUT2D eigenvalue weighted by molar-refractivity contribution is 6.34. The van der Waals surface area contributed by atoms with Crippen molar-refractivity contribution in [3.8, 4) is 0 Å². The van der Waals surface area contributed by atoms with Gasteiger partial charge < -0.3 is 15.2 Å². The monoisotopic (exact) mass is 317 g/mol. The molecule has 2 atom stereocenters. The predicted octanol–water partition coefficient (Wildman–Crippen LogP) is 2.57. The highest BCUT2D eigenvalue weighted by atomic mass is 35.5. The number of hydrogen-bond donors (Lipinski definition) is 2. The van der Waals surface area contributed by atoms with Crippen molar-refractivity contribution in [2.45, 2.75) is 25.0 Å². The maximum Gasteiger partial charge on any atom is 0.253 e. The molecule has 0 saturated heterocycles. The summed E-state index contributed by atoms with van der Waals surface area (Å²) in [6, 6.07) is 4.55. The number of carbonyl (C=O) groups is 1. The van der Waals surface area contributed by atoms with Gasteiger partial charge in [-0.2, -0.15) is 0 Å². The van der Waals surface area contributed by atoms with E-state index in [-0.39, 0.29) is 6.04 Å². The summed E-state index contributed by atoms with van der Waals surface area (Å²) in [7, 11) is 1.59. The smallest absolute Gasteiger partial charge is 0.253 e. The number of amides is 1. The molecule has 110 valence electrons. The third-order valence-corrected chi connectivity index (χ3v) is 3.75. The Labute approximate surface area is 128 Å². The van der Waals surface area contributed by atoms with Crippen LogP contribution < -0.4 is 5.32 Å². The lowest BCUT2D eigenvalue weighted by atomic mass is 10.1. The Morgan fingerprint density at radius 1 is 1.40 bits per heavy atom. The zero-order chi connectivity index (χ0) is 14.7. The van der Waals surface area contributed by atoms with E-state index < -0.39 is 12.0 Å². The van der Waals surface area contributed by atoms with Gasteiger partial charge in [0.25, 0.3) is 5.91 Å². The number of methoxy groups -OCH3 is 1. The summed E-state index contributed by atoms with van der Waals surface area (Å²) >= 11 is 11.7. The van der Waals surface area contributed by atoms with Crippen LogP contribution in [0.4, 0.5) is 0 Å². The van der Waals surface area contributed by atoms with Crippen LogP contribution >= 0.6 is 23.2 Å². The van der Waals surface area contributed by atoms with E-state index in [2.05, 4.69) is 5.32 Å². The van der Waals surface area contributed by atoms with Crippen molar-refractivity contribution in [2.75, 3.05) is 13.7 Å². The summed E-state index contributed by atoms with van der Waals surface area (Å²) < 4.78 is 5.09. The van der Waals surface area contributed by atoms with Crippen LogP contribution in [0.25, 0.3) is 0 Å². The van der Waals surface area contributed by atoms with Crippen LogP contribution in [0, 0.1) is 5.92 Å². The molecule has 1 aromatic carbocycles. The third kappa shape index (κ3) is 4.09. The molecule has 0 heterocycles. The van der Waals surface area contributed by atoms with Gasteiger partial charge >= 0.3 is 0 Å². The fourth-order valence-corrected chi connectivity index (χ4v) is 2.66. The molecule has 0 unspecified atom stereocenters. The topological polar surface area (TPSA) is 58.6 Å². The largest absolute Gasteiger partial charge is 0.383 e. The predicted molar refractivity (Wildman–Crippen MR) is 78.0 cm³/mol. The van der Waals surface area contributed by atoms with Gasteiger partial charge in [0.05, 0.1) is 12.6 Å². The molecule has 2 N–H and O–H groups in total. The van der Waals surface area contributed by atoms with E-state index in [1.54, 1.807) is 13.2 Å². The summed E-state index contributed by atoms with van der Waals surface area (Å²) in [5, 5.41) is 13.7. The molecule has 0 bridgehead atoms. The van der Waals surface area contributed by atoms with Gasteiger partial charge in [0, 0.05) is 17.2 Å². The minimum absolute atomic E-state index is 0.0585. The van der Waals surface area contributed by atoms with Crippen molar-refractivity contribution in [1.82, 2.24) is 5.32 Å². The Balaban J connectivity index is 2.03. The molecule has 1 aliphatic carbocycles. The average molecular weight is 318 g/mol. The lowest BCUT2D eigenvalue weighted by molar-refractivity contribution is -0.131. The van der Waals surface area contributed by atoms with E-state index in [0.29, 0.717) is 28.1 Å². The maximum atomic E-state index is 12.1. The van der Waals surface area contributed by atoms with Crippen LogP contribution in [0.5, 0.6) is 0 Å². The molecule has 0 aromatic heterocycles. The quantitative estimate of drug-likeness (QED) is 0.847. The lowest BCUT2D eigenvalue weighted by Crippen LogP contribution is -2.42. The molecule has 1 amide bonds. The molecule has 1 aromatic rings. The first-order chi connectivity index (χ1) is 9.51. The highest BCUT2D eigenvalue weighted by Gasteiger charge is 2.33. The van der Waals surface area contributed by atoms with Crippen LogP contribution in [0.1, 0.15) is 24.5 Å². The summed E-state index contributed by atoms with van der Waals surface area (Å²) in [5.41, 5.74) is 0.381. The van der Waals surface area contributed by atoms with Gasteiger partial charge in [0.15, 0.2) is 6.10 Å². The van der Waals surface area contributed by atoms with Crippen molar-refractivity contribution in [1.29, 1.82) is 0 Å². The standard InChI is InChI=1S/C14H17Cl2NO3/c1-20-7-12(8-2-3-8)17-14(19)13(18)9-4-10(15)6-11(16)5-9/h4-6,8,12-13,18H,2-3,7H2,1H3,(H,17,19)/t12-,13+/m1/s1. The lowest BCUT2D eigenvalue weighted by Gasteiger charge is -2.20. The Morgan fingerprint density at radius 3 is 2.50 bits per heavy atom. The molecule has 1 aliphatic rings. The van der Waals surface area contributed by atoms with Crippen LogP contribution in [0.2, 0.25) is 10.0 Å².